The molecule has 0 saturated carbocycles. The fraction of sp³-hybridized carbons (Fsp3) is 1.00. The number of hydrogen-bond donors (Lipinski definition) is 1. The summed E-state index contributed by atoms with van der Waals surface area (Å²) in [4.78, 5) is 0. The van der Waals surface area contributed by atoms with E-state index in [2.05, 4.69) is 14.0 Å². The van der Waals surface area contributed by atoms with Crippen molar-refractivity contribution in [2.24, 2.45) is 0 Å². The Hall–Kier alpha value is 0.400. The van der Waals surface area contributed by atoms with Gasteiger partial charge in [-0.2, -0.15) is 0 Å². The quantitative estimate of drug-likeness (QED) is 0.552. The lowest BCUT2D eigenvalue weighted by Crippen LogP contribution is -3.00. The zero-order valence-corrected chi connectivity index (χ0v) is 9.68. The Bertz CT molecular complexity index is 128. The molecule has 2 atom stereocenters. The predicted octanol–water partition coefficient (Wildman–Crippen LogP) is -2.00. The molecular weight excluding hydrogens is 218 g/mol. The van der Waals surface area contributed by atoms with Crippen molar-refractivity contribution >= 4 is 0 Å². The smallest absolute Gasteiger partial charge is 0.105 e. The zero-order valence-electron chi connectivity index (χ0n) is 8.09. The van der Waals surface area contributed by atoms with Crippen molar-refractivity contribution in [1.29, 1.82) is 0 Å². The molecule has 74 valence electrons. The fourth-order valence-electron chi connectivity index (χ4n) is 2.14. The summed E-state index contributed by atoms with van der Waals surface area (Å²) < 4.78 is 1.08. The number of likely N-dealkylation sites (tertiary alicyclic amines) is 1. The number of likely N-dealkylation sites (N-methyl/N-ethyl adjacent to an activating group) is 1. The van der Waals surface area contributed by atoms with Crippen molar-refractivity contribution in [1.82, 2.24) is 0 Å². The molecule has 1 N–H and O–H groups in total. The van der Waals surface area contributed by atoms with Crippen molar-refractivity contribution in [2.45, 2.75) is 32.3 Å². The van der Waals surface area contributed by atoms with Gasteiger partial charge < -0.3 is 26.6 Å². The van der Waals surface area contributed by atoms with Gasteiger partial charge in [-0.25, -0.2) is 0 Å². The van der Waals surface area contributed by atoms with Crippen LogP contribution in [0.4, 0.5) is 0 Å². The molecule has 1 heterocycles. The third-order valence-corrected chi connectivity index (χ3v) is 2.65. The number of hydrogen-bond acceptors (Lipinski definition) is 1. The van der Waals surface area contributed by atoms with Crippen molar-refractivity contribution in [3.8, 4) is 0 Å². The van der Waals surface area contributed by atoms with Gasteiger partial charge in [0.05, 0.1) is 20.1 Å². The van der Waals surface area contributed by atoms with Gasteiger partial charge in [-0.3, -0.25) is 0 Å². The minimum Gasteiger partial charge on any atom is -1.00 e. The molecular formula is C9H20BrNO. The molecule has 2 unspecified atom stereocenters. The van der Waals surface area contributed by atoms with Crippen LogP contribution in [0, 0.1) is 0 Å². The molecule has 3 heteroatoms. The van der Waals surface area contributed by atoms with E-state index >= 15 is 0 Å². The maximum atomic E-state index is 9.46. The van der Waals surface area contributed by atoms with Crippen LogP contribution in [0.2, 0.25) is 0 Å². The van der Waals surface area contributed by atoms with Crippen molar-refractivity contribution in [3.63, 3.8) is 0 Å². The highest BCUT2D eigenvalue weighted by atomic mass is 79.9. The molecule has 0 aromatic rings. The molecule has 0 bridgehead atoms. The zero-order chi connectivity index (χ0) is 8.32. The Morgan fingerprint density at radius 1 is 1.50 bits per heavy atom. The highest BCUT2D eigenvalue weighted by Crippen LogP contribution is 2.16. The Labute approximate surface area is 85.9 Å². The van der Waals surface area contributed by atoms with E-state index in [1.165, 1.54) is 25.9 Å². The summed E-state index contributed by atoms with van der Waals surface area (Å²) in [5, 5.41) is 9.46. The van der Waals surface area contributed by atoms with E-state index in [9.17, 15) is 5.11 Å². The predicted molar refractivity (Wildman–Crippen MR) is 46.3 cm³/mol. The minimum atomic E-state index is -0.0414. The van der Waals surface area contributed by atoms with Gasteiger partial charge in [0.2, 0.25) is 0 Å². The third kappa shape index (κ3) is 3.42. The first-order valence-corrected chi connectivity index (χ1v) is 4.68. The molecule has 1 saturated heterocycles. The number of quaternary nitrogens is 1. The van der Waals surface area contributed by atoms with Crippen LogP contribution in [0.15, 0.2) is 0 Å². The highest BCUT2D eigenvalue weighted by molar-refractivity contribution is 4.61. The Morgan fingerprint density at radius 3 is 2.67 bits per heavy atom. The van der Waals surface area contributed by atoms with Crippen LogP contribution in [0.5, 0.6) is 0 Å². The molecule has 0 aliphatic carbocycles. The van der Waals surface area contributed by atoms with Crippen LogP contribution < -0.4 is 17.0 Å². The van der Waals surface area contributed by atoms with Gasteiger partial charge in [0.15, 0.2) is 0 Å². The van der Waals surface area contributed by atoms with Crippen molar-refractivity contribution < 1.29 is 26.6 Å². The second-order valence-corrected chi connectivity index (χ2v) is 4.05. The lowest BCUT2D eigenvalue weighted by Gasteiger charge is -2.39. The first-order valence-electron chi connectivity index (χ1n) is 4.68. The number of nitrogens with zero attached hydrogens (tertiary/aromatic N) is 1. The SMILES string of the molecule is CCC[N+]1(C)CCCC(O)C1.[Br-]. The van der Waals surface area contributed by atoms with Gasteiger partial charge in [-0.1, -0.05) is 6.92 Å². The number of piperidine rings is 1. The third-order valence-electron chi connectivity index (χ3n) is 2.65. The van der Waals surface area contributed by atoms with Crippen molar-refractivity contribution in [2.75, 3.05) is 26.7 Å². The summed E-state index contributed by atoms with van der Waals surface area (Å²) in [6.07, 6.45) is 3.39. The van der Waals surface area contributed by atoms with Gasteiger partial charge in [-0.05, 0) is 19.3 Å². The highest BCUT2D eigenvalue weighted by Gasteiger charge is 2.28. The molecule has 1 rings (SSSR count). The van der Waals surface area contributed by atoms with E-state index in [0.717, 1.165) is 17.4 Å². The van der Waals surface area contributed by atoms with Gasteiger partial charge in [0.1, 0.15) is 12.6 Å². The molecule has 0 radical (unpaired) electrons. The minimum absolute atomic E-state index is 0. The Kier molecular flexibility index (Phi) is 5.37. The summed E-state index contributed by atoms with van der Waals surface area (Å²) in [5.74, 6) is 0. The van der Waals surface area contributed by atoms with E-state index in [1.807, 2.05) is 0 Å². The van der Waals surface area contributed by atoms with E-state index in [4.69, 9.17) is 0 Å². The molecule has 0 amide bonds. The lowest BCUT2D eigenvalue weighted by atomic mass is 10.1. The van der Waals surface area contributed by atoms with Crippen LogP contribution in [-0.2, 0) is 0 Å². The van der Waals surface area contributed by atoms with Gasteiger partial charge in [-0.15, -0.1) is 0 Å². The average molecular weight is 238 g/mol. The Morgan fingerprint density at radius 2 is 2.17 bits per heavy atom. The standard InChI is InChI=1S/C9H20NO.BrH/c1-3-6-10(2)7-4-5-9(11)8-10;/h9,11H,3-8H2,1-2H3;1H/q+1;/p-1. The molecule has 12 heavy (non-hydrogen) atoms. The number of rotatable bonds is 2. The second kappa shape index (κ2) is 5.20. The summed E-state index contributed by atoms with van der Waals surface area (Å²) in [7, 11) is 2.26. The number of halogens is 1. The molecule has 1 aliphatic heterocycles. The van der Waals surface area contributed by atoms with Crippen molar-refractivity contribution in [3.05, 3.63) is 0 Å². The molecule has 0 aromatic carbocycles. The molecule has 0 aromatic heterocycles. The van der Waals surface area contributed by atoms with Gasteiger partial charge in [0.25, 0.3) is 0 Å². The van der Waals surface area contributed by atoms with E-state index < -0.39 is 0 Å². The summed E-state index contributed by atoms with van der Waals surface area (Å²) >= 11 is 0. The topological polar surface area (TPSA) is 20.2 Å². The number of aliphatic hydroxyl groups excluding tert-OH is 1. The monoisotopic (exact) mass is 237 g/mol. The number of aliphatic hydroxyl groups is 1. The van der Waals surface area contributed by atoms with Gasteiger partial charge >= 0.3 is 0 Å². The first-order chi connectivity index (χ1) is 5.16. The molecule has 1 fully saturated rings. The second-order valence-electron chi connectivity index (χ2n) is 4.05. The van der Waals surface area contributed by atoms with Gasteiger partial charge in [0, 0.05) is 0 Å². The Balaban J connectivity index is 0.00000121. The van der Waals surface area contributed by atoms with E-state index in [0.29, 0.717) is 0 Å². The summed E-state index contributed by atoms with van der Waals surface area (Å²) in [5.41, 5.74) is 0. The first kappa shape index (κ1) is 12.4. The lowest BCUT2D eigenvalue weighted by molar-refractivity contribution is -0.917. The molecule has 1 aliphatic rings. The van der Waals surface area contributed by atoms with Crippen LogP contribution in [0.25, 0.3) is 0 Å². The largest absolute Gasteiger partial charge is 1.00 e. The molecule has 2 nitrogen and oxygen atoms in total. The normalized spacial score (nSPS) is 35.8. The van der Waals surface area contributed by atoms with Crippen LogP contribution in [-0.4, -0.2) is 42.4 Å². The van der Waals surface area contributed by atoms with Crippen LogP contribution in [0.1, 0.15) is 26.2 Å². The maximum absolute atomic E-state index is 9.46. The molecule has 0 spiro atoms. The van der Waals surface area contributed by atoms with E-state index in [1.54, 1.807) is 0 Å². The summed E-state index contributed by atoms with van der Waals surface area (Å²) in [6, 6.07) is 0. The average Bonchev–Trinajstić information content (AvgIpc) is 1.86. The van der Waals surface area contributed by atoms with E-state index in [-0.39, 0.29) is 23.1 Å². The summed E-state index contributed by atoms with van der Waals surface area (Å²) in [6.45, 7) is 5.65. The fourth-order valence-corrected chi connectivity index (χ4v) is 2.14. The van der Waals surface area contributed by atoms with Crippen LogP contribution in [0.3, 0.4) is 0 Å². The maximum Gasteiger partial charge on any atom is 0.105 e. The van der Waals surface area contributed by atoms with Crippen LogP contribution >= 0.6 is 0 Å².